The van der Waals surface area contributed by atoms with Gasteiger partial charge in [-0.3, -0.25) is 9.59 Å². The summed E-state index contributed by atoms with van der Waals surface area (Å²) in [7, 11) is 1.69. The first-order valence-corrected chi connectivity index (χ1v) is 14.2. The topological polar surface area (TPSA) is 77.2 Å². The average molecular weight is 564 g/mol. The molecule has 0 spiro atoms. The van der Waals surface area contributed by atoms with Crippen molar-refractivity contribution in [2.75, 3.05) is 74.6 Å². The molecule has 0 saturated carbocycles. The Hall–Kier alpha value is -3.75. The van der Waals surface area contributed by atoms with E-state index in [4.69, 9.17) is 16.3 Å². The Morgan fingerprint density at radius 3 is 2.25 bits per heavy atom. The first kappa shape index (κ1) is 29.2. The maximum absolute atomic E-state index is 13.5. The fraction of sp³-hybridized carbons (Fsp3) is 0.355. The van der Waals surface area contributed by atoms with Crippen LogP contribution in [-0.4, -0.2) is 76.2 Å². The number of halogens is 1. The molecule has 0 aromatic heterocycles. The molecule has 0 atom stereocenters. The third-order valence-electron chi connectivity index (χ3n) is 7.24. The van der Waals surface area contributed by atoms with Gasteiger partial charge in [-0.25, -0.2) is 0 Å². The van der Waals surface area contributed by atoms with Gasteiger partial charge in [0.05, 0.1) is 18.4 Å². The molecule has 0 unspecified atom stereocenters. The highest BCUT2D eigenvalue weighted by molar-refractivity contribution is 6.31. The van der Waals surface area contributed by atoms with Crippen LogP contribution in [0.3, 0.4) is 0 Å². The number of methoxy groups -OCH3 is 1. The van der Waals surface area contributed by atoms with Crippen LogP contribution in [0.4, 0.5) is 17.1 Å². The van der Waals surface area contributed by atoms with Gasteiger partial charge in [0.1, 0.15) is 5.75 Å². The highest BCUT2D eigenvalue weighted by Gasteiger charge is 2.24. The molecule has 9 heteroatoms. The Morgan fingerprint density at radius 1 is 0.875 bits per heavy atom. The first-order chi connectivity index (χ1) is 19.4. The second-order valence-corrected chi connectivity index (χ2v) is 10.1. The van der Waals surface area contributed by atoms with E-state index >= 15 is 0 Å². The lowest BCUT2D eigenvalue weighted by Crippen LogP contribution is -2.47. The molecule has 3 aromatic rings. The van der Waals surface area contributed by atoms with Gasteiger partial charge in [0.2, 0.25) is 0 Å². The summed E-state index contributed by atoms with van der Waals surface area (Å²) >= 11 is 6.07. The van der Waals surface area contributed by atoms with Crippen molar-refractivity contribution in [2.24, 2.45) is 0 Å². The zero-order valence-corrected chi connectivity index (χ0v) is 24.2. The molecule has 1 aliphatic rings. The van der Waals surface area contributed by atoms with Crippen molar-refractivity contribution in [3.05, 3.63) is 82.9 Å². The molecule has 212 valence electrons. The lowest BCUT2D eigenvalue weighted by molar-refractivity contribution is 0.0948. The van der Waals surface area contributed by atoms with Crippen molar-refractivity contribution in [3.8, 4) is 5.75 Å². The van der Waals surface area contributed by atoms with Gasteiger partial charge in [0, 0.05) is 61.2 Å². The molecule has 1 saturated heterocycles. The zero-order valence-electron chi connectivity index (χ0n) is 23.5. The SMILES string of the molecule is CCN(CC)CCNC(=O)c1cc(NC(=O)c2cccc(Cl)c2)ccc1N1CCN(c2ccccc2OC)CC1. The molecule has 1 fully saturated rings. The van der Waals surface area contributed by atoms with Crippen molar-refractivity contribution in [1.29, 1.82) is 0 Å². The van der Waals surface area contributed by atoms with Crippen LogP contribution in [0, 0.1) is 0 Å². The molecule has 2 N–H and O–H groups in total. The van der Waals surface area contributed by atoms with Gasteiger partial charge in [-0.15, -0.1) is 0 Å². The van der Waals surface area contributed by atoms with Gasteiger partial charge in [0.15, 0.2) is 0 Å². The third kappa shape index (κ3) is 7.25. The predicted molar refractivity (Wildman–Crippen MR) is 163 cm³/mol. The Balaban J connectivity index is 1.53. The average Bonchev–Trinajstić information content (AvgIpc) is 2.99. The summed E-state index contributed by atoms with van der Waals surface area (Å²) in [5.41, 5.74) is 3.46. The lowest BCUT2D eigenvalue weighted by atomic mass is 10.1. The second-order valence-electron chi connectivity index (χ2n) is 9.63. The number of piperazine rings is 1. The van der Waals surface area contributed by atoms with E-state index in [1.165, 1.54) is 0 Å². The van der Waals surface area contributed by atoms with Gasteiger partial charge in [-0.2, -0.15) is 0 Å². The Kier molecular flexibility index (Phi) is 10.3. The van der Waals surface area contributed by atoms with E-state index in [-0.39, 0.29) is 11.8 Å². The minimum absolute atomic E-state index is 0.159. The lowest BCUT2D eigenvalue weighted by Gasteiger charge is -2.38. The van der Waals surface area contributed by atoms with Gasteiger partial charge in [-0.05, 0) is 61.6 Å². The number of hydrogen-bond donors (Lipinski definition) is 2. The molecule has 8 nitrogen and oxygen atoms in total. The van der Waals surface area contributed by atoms with Crippen LogP contribution in [0.2, 0.25) is 5.02 Å². The number of nitrogens with zero attached hydrogens (tertiary/aromatic N) is 3. The standard InChI is InChI=1S/C31H38ClN5O3/c1-4-35(5-2)16-15-33-31(39)26-22-25(34-30(38)23-9-8-10-24(32)21-23)13-14-27(26)36-17-19-37(20-18-36)28-11-6-7-12-29(28)40-3/h6-14,21-22H,4-5,15-20H2,1-3H3,(H,33,39)(H,34,38). The van der Waals surface area contributed by atoms with E-state index in [0.29, 0.717) is 28.4 Å². The minimum atomic E-state index is -0.284. The number of para-hydroxylation sites is 2. The van der Waals surface area contributed by atoms with Crippen LogP contribution < -0.4 is 25.2 Å². The molecule has 0 radical (unpaired) electrons. The molecule has 4 rings (SSSR count). The van der Waals surface area contributed by atoms with Crippen LogP contribution in [0.1, 0.15) is 34.6 Å². The summed E-state index contributed by atoms with van der Waals surface area (Å²) in [6.45, 7) is 10.5. The maximum atomic E-state index is 13.5. The number of benzene rings is 3. The molecule has 40 heavy (non-hydrogen) atoms. The number of carbonyl (C=O) groups is 2. The number of ether oxygens (including phenoxy) is 1. The molecular weight excluding hydrogens is 526 g/mol. The Morgan fingerprint density at radius 2 is 1.57 bits per heavy atom. The number of nitrogens with one attached hydrogen (secondary N) is 2. The van der Waals surface area contributed by atoms with Crippen molar-refractivity contribution in [1.82, 2.24) is 10.2 Å². The van der Waals surface area contributed by atoms with E-state index < -0.39 is 0 Å². The van der Waals surface area contributed by atoms with E-state index in [0.717, 1.165) is 62.9 Å². The number of likely N-dealkylation sites (N-methyl/N-ethyl adjacent to an activating group) is 1. The van der Waals surface area contributed by atoms with E-state index in [1.54, 1.807) is 37.4 Å². The molecule has 0 bridgehead atoms. The Labute approximate surface area is 241 Å². The van der Waals surface area contributed by atoms with Gasteiger partial charge in [0.25, 0.3) is 11.8 Å². The van der Waals surface area contributed by atoms with Crippen molar-refractivity contribution < 1.29 is 14.3 Å². The second kappa shape index (κ2) is 14.1. The molecule has 1 aliphatic heterocycles. The largest absolute Gasteiger partial charge is 0.495 e. The summed E-state index contributed by atoms with van der Waals surface area (Å²) in [6, 6.07) is 20.3. The fourth-order valence-electron chi connectivity index (χ4n) is 4.95. The highest BCUT2D eigenvalue weighted by Crippen LogP contribution is 2.31. The fourth-order valence-corrected chi connectivity index (χ4v) is 5.14. The van der Waals surface area contributed by atoms with Gasteiger partial charge in [-0.1, -0.05) is 43.6 Å². The van der Waals surface area contributed by atoms with Crippen molar-refractivity contribution >= 4 is 40.5 Å². The quantitative estimate of drug-likeness (QED) is 0.342. The molecule has 0 aliphatic carbocycles. The summed E-state index contributed by atoms with van der Waals surface area (Å²) in [5, 5.41) is 6.49. The van der Waals surface area contributed by atoms with Crippen molar-refractivity contribution in [2.45, 2.75) is 13.8 Å². The summed E-state index contributed by atoms with van der Waals surface area (Å²) in [5.74, 6) is 0.408. The number of anilines is 3. The summed E-state index contributed by atoms with van der Waals surface area (Å²) < 4.78 is 5.56. The smallest absolute Gasteiger partial charge is 0.255 e. The molecule has 3 aromatic carbocycles. The number of amides is 2. The van der Waals surface area contributed by atoms with E-state index in [9.17, 15) is 9.59 Å². The predicted octanol–water partition coefficient (Wildman–Crippen LogP) is 5.00. The molecule has 2 amide bonds. The van der Waals surface area contributed by atoms with Crippen LogP contribution >= 0.6 is 11.6 Å². The zero-order chi connectivity index (χ0) is 28.5. The van der Waals surface area contributed by atoms with E-state index in [1.807, 2.05) is 30.3 Å². The van der Waals surface area contributed by atoms with Crippen LogP contribution in [-0.2, 0) is 0 Å². The Bertz CT molecular complexity index is 1310. The number of rotatable bonds is 11. The maximum Gasteiger partial charge on any atom is 0.255 e. The monoisotopic (exact) mass is 563 g/mol. The first-order valence-electron chi connectivity index (χ1n) is 13.8. The van der Waals surface area contributed by atoms with Crippen molar-refractivity contribution in [3.63, 3.8) is 0 Å². The molecular formula is C31H38ClN5O3. The number of hydrogen-bond acceptors (Lipinski definition) is 6. The van der Waals surface area contributed by atoms with Crippen LogP contribution in [0.15, 0.2) is 66.7 Å². The highest BCUT2D eigenvalue weighted by atomic mass is 35.5. The van der Waals surface area contributed by atoms with E-state index in [2.05, 4.69) is 45.2 Å². The van der Waals surface area contributed by atoms with Gasteiger partial charge < -0.3 is 30.1 Å². The minimum Gasteiger partial charge on any atom is -0.495 e. The summed E-state index contributed by atoms with van der Waals surface area (Å²) in [4.78, 5) is 33.1. The van der Waals surface area contributed by atoms with Crippen LogP contribution in [0.25, 0.3) is 0 Å². The van der Waals surface area contributed by atoms with Gasteiger partial charge >= 0.3 is 0 Å². The third-order valence-corrected chi connectivity index (χ3v) is 7.48. The normalized spacial score (nSPS) is 13.3. The molecule has 1 heterocycles. The number of carbonyl (C=O) groups excluding carboxylic acids is 2. The summed E-state index contributed by atoms with van der Waals surface area (Å²) in [6.07, 6.45) is 0. The van der Waals surface area contributed by atoms with Crippen LogP contribution in [0.5, 0.6) is 5.75 Å².